The molecular weight excluding hydrogens is 426 g/mol. The molecular formula is C28H35N3O3. The summed E-state index contributed by atoms with van der Waals surface area (Å²) in [5, 5.41) is 4.61. The molecule has 1 saturated carbocycles. The zero-order valence-corrected chi connectivity index (χ0v) is 20.9. The Labute approximate surface area is 202 Å². The van der Waals surface area contributed by atoms with E-state index in [0.717, 1.165) is 59.5 Å². The fourth-order valence-corrected chi connectivity index (χ4v) is 5.02. The van der Waals surface area contributed by atoms with Crippen molar-refractivity contribution in [2.24, 2.45) is 5.92 Å². The number of aryl methyl sites for hydroxylation is 2. The number of carbonyl (C=O) groups excluding carboxylic acids is 1. The number of hydrogen-bond donors (Lipinski definition) is 1. The number of ether oxygens (including phenoxy) is 2. The highest BCUT2D eigenvalue weighted by molar-refractivity contribution is 5.91. The molecule has 1 N–H and O–H groups in total. The van der Waals surface area contributed by atoms with Crippen molar-refractivity contribution < 1.29 is 14.3 Å². The van der Waals surface area contributed by atoms with Gasteiger partial charge in [-0.2, -0.15) is 0 Å². The van der Waals surface area contributed by atoms with Crippen LogP contribution in [0.4, 0.5) is 5.82 Å². The predicted molar refractivity (Wildman–Crippen MR) is 135 cm³/mol. The zero-order chi connectivity index (χ0) is 24.2. The van der Waals surface area contributed by atoms with E-state index in [1.165, 1.54) is 11.1 Å². The molecule has 34 heavy (non-hydrogen) atoms. The minimum atomic E-state index is -0.0630. The van der Waals surface area contributed by atoms with Crippen molar-refractivity contribution >= 4 is 22.7 Å². The first-order chi connectivity index (χ1) is 16.4. The van der Waals surface area contributed by atoms with Crippen molar-refractivity contribution in [2.75, 3.05) is 19.0 Å². The van der Waals surface area contributed by atoms with Crippen LogP contribution in [-0.4, -0.2) is 29.7 Å². The third-order valence-electron chi connectivity index (χ3n) is 6.84. The van der Waals surface area contributed by atoms with E-state index in [2.05, 4.69) is 54.5 Å². The van der Waals surface area contributed by atoms with Crippen LogP contribution in [0.1, 0.15) is 74.0 Å². The molecule has 0 spiro atoms. The molecule has 0 amide bonds. The monoisotopic (exact) mass is 461 g/mol. The quantitative estimate of drug-likeness (QED) is 0.418. The summed E-state index contributed by atoms with van der Waals surface area (Å²) in [6.45, 7) is 8.47. The smallest absolute Gasteiger partial charge is 0.308 e. The second kappa shape index (κ2) is 10.4. The second-order valence-electron chi connectivity index (χ2n) is 9.31. The average Bonchev–Trinajstić information content (AvgIpc) is 2.83. The summed E-state index contributed by atoms with van der Waals surface area (Å²) < 4.78 is 11.0. The molecule has 0 saturated heterocycles. The Morgan fingerprint density at radius 3 is 2.56 bits per heavy atom. The number of aromatic nitrogens is 2. The minimum absolute atomic E-state index is 0.000963. The van der Waals surface area contributed by atoms with Gasteiger partial charge in [0.1, 0.15) is 17.4 Å². The SMILES string of the molecule is CCOC(=O)[C@H]1CC[C@@H](c2cc3c(N[C@H](C)c4cccc(C)c4)nc(C)nc3cc2OC)CC1. The predicted octanol–water partition coefficient (Wildman–Crippen LogP) is 6.27. The summed E-state index contributed by atoms with van der Waals surface area (Å²) in [5.41, 5.74) is 4.49. The maximum Gasteiger partial charge on any atom is 0.308 e. The van der Waals surface area contributed by atoms with Crippen molar-refractivity contribution in [3.63, 3.8) is 0 Å². The first kappa shape index (κ1) is 24.0. The molecule has 1 fully saturated rings. The van der Waals surface area contributed by atoms with E-state index in [9.17, 15) is 4.79 Å². The standard InChI is InChI=1S/C28H35N3O3/c1-6-34-28(32)21-12-10-20(11-13-21)23-15-24-25(16-26(23)33-5)30-19(4)31-27(24)29-18(3)22-9-7-8-17(2)14-22/h7-9,14-16,18,20-21H,6,10-13H2,1-5H3,(H,29,30,31)/t18-,20-,21+/m1/s1. The Kier molecular flexibility index (Phi) is 7.35. The normalized spacial score (nSPS) is 19.0. The number of benzene rings is 2. The van der Waals surface area contributed by atoms with Gasteiger partial charge in [0.2, 0.25) is 0 Å². The van der Waals surface area contributed by atoms with Gasteiger partial charge in [0.25, 0.3) is 0 Å². The van der Waals surface area contributed by atoms with Gasteiger partial charge in [0.15, 0.2) is 0 Å². The summed E-state index contributed by atoms with van der Waals surface area (Å²) in [4.78, 5) is 21.6. The third-order valence-corrected chi connectivity index (χ3v) is 6.84. The van der Waals surface area contributed by atoms with Gasteiger partial charge >= 0.3 is 5.97 Å². The Morgan fingerprint density at radius 2 is 1.88 bits per heavy atom. The third kappa shape index (κ3) is 5.16. The average molecular weight is 462 g/mol. The van der Waals surface area contributed by atoms with E-state index in [1.54, 1.807) is 7.11 Å². The zero-order valence-electron chi connectivity index (χ0n) is 20.9. The van der Waals surface area contributed by atoms with Gasteiger partial charge in [0, 0.05) is 17.5 Å². The number of carbonyl (C=O) groups is 1. The van der Waals surface area contributed by atoms with Crippen molar-refractivity contribution in [1.29, 1.82) is 0 Å². The van der Waals surface area contributed by atoms with Crippen LogP contribution >= 0.6 is 0 Å². The van der Waals surface area contributed by atoms with E-state index in [-0.39, 0.29) is 17.9 Å². The lowest BCUT2D eigenvalue weighted by molar-refractivity contribution is -0.149. The van der Waals surface area contributed by atoms with Crippen molar-refractivity contribution in [3.8, 4) is 5.75 Å². The van der Waals surface area contributed by atoms with Gasteiger partial charge in [-0.1, -0.05) is 29.8 Å². The summed E-state index contributed by atoms with van der Waals surface area (Å²) in [6, 6.07) is 12.8. The Bertz CT molecular complexity index is 1170. The van der Waals surface area contributed by atoms with Crippen LogP contribution < -0.4 is 10.1 Å². The van der Waals surface area contributed by atoms with Gasteiger partial charge in [-0.15, -0.1) is 0 Å². The fraction of sp³-hybridized carbons (Fsp3) is 0.464. The van der Waals surface area contributed by atoms with E-state index >= 15 is 0 Å². The van der Waals surface area contributed by atoms with E-state index in [4.69, 9.17) is 14.5 Å². The molecule has 4 rings (SSSR count). The molecule has 0 unspecified atom stereocenters. The van der Waals surface area contributed by atoms with Crippen LogP contribution in [-0.2, 0) is 9.53 Å². The molecule has 0 bridgehead atoms. The molecule has 1 atom stereocenters. The molecule has 2 aromatic carbocycles. The maximum absolute atomic E-state index is 12.2. The maximum atomic E-state index is 12.2. The number of esters is 1. The fourth-order valence-electron chi connectivity index (χ4n) is 5.02. The lowest BCUT2D eigenvalue weighted by Gasteiger charge is -2.29. The molecule has 0 aliphatic heterocycles. The summed E-state index contributed by atoms with van der Waals surface area (Å²) in [6.07, 6.45) is 3.54. The number of nitrogens with one attached hydrogen (secondary N) is 1. The molecule has 1 aromatic heterocycles. The minimum Gasteiger partial charge on any atom is -0.496 e. The van der Waals surface area contributed by atoms with Gasteiger partial charge in [0.05, 0.1) is 25.2 Å². The summed E-state index contributed by atoms with van der Waals surface area (Å²) >= 11 is 0. The molecule has 1 aliphatic rings. The highest BCUT2D eigenvalue weighted by Crippen LogP contribution is 2.42. The molecule has 6 nitrogen and oxygen atoms in total. The van der Waals surface area contributed by atoms with E-state index in [0.29, 0.717) is 12.5 Å². The number of methoxy groups -OCH3 is 1. The molecule has 0 radical (unpaired) electrons. The van der Waals surface area contributed by atoms with Crippen LogP contribution in [0.15, 0.2) is 36.4 Å². The van der Waals surface area contributed by atoms with E-state index < -0.39 is 0 Å². The number of hydrogen-bond acceptors (Lipinski definition) is 6. The molecule has 180 valence electrons. The number of anilines is 1. The lowest BCUT2D eigenvalue weighted by Crippen LogP contribution is -2.23. The van der Waals surface area contributed by atoms with Crippen LogP contribution in [0, 0.1) is 19.8 Å². The topological polar surface area (TPSA) is 73.3 Å². The van der Waals surface area contributed by atoms with Crippen LogP contribution in [0.5, 0.6) is 5.75 Å². The number of rotatable bonds is 7. The van der Waals surface area contributed by atoms with Gasteiger partial charge in [-0.25, -0.2) is 9.97 Å². The van der Waals surface area contributed by atoms with Crippen molar-refractivity contribution in [1.82, 2.24) is 9.97 Å². The lowest BCUT2D eigenvalue weighted by atomic mass is 9.78. The first-order valence-corrected chi connectivity index (χ1v) is 12.3. The number of nitrogens with zero attached hydrogens (tertiary/aromatic N) is 2. The van der Waals surface area contributed by atoms with Gasteiger partial charge in [-0.05, 0) is 76.5 Å². The summed E-state index contributed by atoms with van der Waals surface area (Å²) in [7, 11) is 1.71. The molecule has 1 aliphatic carbocycles. The molecule has 1 heterocycles. The van der Waals surface area contributed by atoms with E-state index in [1.807, 2.05) is 19.9 Å². The Balaban J connectivity index is 1.65. The molecule has 6 heteroatoms. The Morgan fingerprint density at radius 1 is 1.12 bits per heavy atom. The van der Waals surface area contributed by atoms with Crippen LogP contribution in [0.25, 0.3) is 10.9 Å². The van der Waals surface area contributed by atoms with Gasteiger partial charge in [-0.3, -0.25) is 4.79 Å². The van der Waals surface area contributed by atoms with Gasteiger partial charge < -0.3 is 14.8 Å². The van der Waals surface area contributed by atoms with Crippen molar-refractivity contribution in [3.05, 3.63) is 58.9 Å². The molecule has 3 aromatic rings. The number of fused-ring (bicyclic) bond motifs is 1. The Hall–Kier alpha value is -3.15. The van der Waals surface area contributed by atoms with Crippen LogP contribution in [0.3, 0.4) is 0 Å². The summed E-state index contributed by atoms with van der Waals surface area (Å²) in [5.74, 6) is 2.67. The second-order valence-corrected chi connectivity index (χ2v) is 9.31. The first-order valence-electron chi connectivity index (χ1n) is 12.3. The largest absolute Gasteiger partial charge is 0.496 e. The van der Waals surface area contributed by atoms with Crippen molar-refractivity contribution in [2.45, 2.75) is 65.3 Å². The highest BCUT2D eigenvalue weighted by Gasteiger charge is 2.30. The van der Waals surface area contributed by atoms with Crippen LogP contribution in [0.2, 0.25) is 0 Å². The highest BCUT2D eigenvalue weighted by atomic mass is 16.5.